The van der Waals surface area contributed by atoms with Crippen molar-refractivity contribution in [1.82, 2.24) is 0 Å². The van der Waals surface area contributed by atoms with Crippen molar-refractivity contribution in [3.05, 3.63) is 35.4 Å². The van der Waals surface area contributed by atoms with Gasteiger partial charge in [0.15, 0.2) is 5.78 Å². The Morgan fingerprint density at radius 3 is 2.40 bits per heavy atom. The number of carbonyl (C=O) groups is 1. The van der Waals surface area contributed by atoms with Crippen molar-refractivity contribution in [3.63, 3.8) is 0 Å². The van der Waals surface area contributed by atoms with Crippen LogP contribution in [0.2, 0.25) is 0 Å². The smallest absolute Gasteiger partial charge is 0.162 e. The zero-order valence-corrected chi connectivity index (χ0v) is 12.6. The van der Waals surface area contributed by atoms with Gasteiger partial charge in [-0.15, -0.1) is 0 Å². The van der Waals surface area contributed by atoms with Crippen molar-refractivity contribution in [1.29, 1.82) is 0 Å². The number of hydrogen-bond donors (Lipinski definition) is 0. The van der Waals surface area contributed by atoms with Crippen LogP contribution in [0.1, 0.15) is 32.8 Å². The minimum atomic E-state index is 0.188. The average Bonchev–Trinajstić information content (AvgIpc) is 2.42. The molecule has 1 aromatic carbocycles. The van der Waals surface area contributed by atoms with Crippen LogP contribution in [0.15, 0.2) is 29.8 Å². The highest BCUT2D eigenvalue weighted by Gasteiger charge is 2.59. The van der Waals surface area contributed by atoms with E-state index in [4.69, 9.17) is 4.74 Å². The summed E-state index contributed by atoms with van der Waals surface area (Å²) in [5, 5.41) is 0. The van der Waals surface area contributed by atoms with Crippen LogP contribution in [0.3, 0.4) is 0 Å². The Morgan fingerprint density at radius 1 is 1.25 bits per heavy atom. The fraction of sp³-hybridized carbons (Fsp3) is 0.500. The monoisotopic (exact) mass is 270 g/mol. The summed E-state index contributed by atoms with van der Waals surface area (Å²) in [5.74, 6) is 2.45. The third-order valence-corrected chi connectivity index (χ3v) is 5.48. The molecule has 0 radical (unpaired) electrons. The summed E-state index contributed by atoms with van der Waals surface area (Å²) in [6.45, 7) is 6.68. The SMILES string of the molecule is COc1ccc(C=C2C(=O)C3CC(C2C)C3(C)C)cc1. The van der Waals surface area contributed by atoms with Gasteiger partial charge in [-0.05, 0) is 53.0 Å². The number of methoxy groups -OCH3 is 1. The molecule has 0 aromatic heterocycles. The highest BCUT2D eigenvalue weighted by Crippen LogP contribution is 2.61. The summed E-state index contributed by atoms with van der Waals surface area (Å²) in [7, 11) is 1.66. The van der Waals surface area contributed by atoms with Crippen molar-refractivity contribution >= 4 is 11.9 Å². The molecule has 2 bridgehead atoms. The van der Waals surface area contributed by atoms with Crippen molar-refractivity contribution in [2.75, 3.05) is 7.11 Å². The lowest BCUT2D eigenvalue weighted by Gasteiger charge is -2.59. The van der Waals surface area contributed by atoms with E-state index in [9.17, 15) is 4.79 Å². The van der Waals surface area contributed by atoms with Crippen molar-refractivity contribution in [2.45, 2.75) is 27.2 Å². The maximum absolute atomic E-state index is 12.6. The molecule has 3 aliphatic rings. The Bertz CT molecular complexity index is 566. The van der Waals surface area contributed by atoms with E-state index >= 15 is 0 Å². The first kappa shape index (κ1) is 13.4. The Labute approximate surface area is 120 Å². The molecule has 0 spiro atoms. The highest BCUT2D eigenvalue weighted by molar-refractivity contribution is 6.04. The molecule has 3 unspecified atom stereocenters. The van der Waals surface area contributed by atoms with E-state index in [2.05, 4.69) is 26.8 Å². The summed E-state index contributed by atoms with van der Waals surface area (Å²) in [6, 6.07) is 7.90. The summed E-state index contributed by atoms with van der Waals surface area (Å²) < 4.78 is 5.17. The van der Waals surface area contributed by atoms with E-state index in [0.717, 1.165) is 23.3 Å². The van der Waals surface area contributed by atoms with E-state index in [0.29, 0.717) is 17.6 Å². The maximum atomic E-state index is 12.6. The number of fused-ring (bicyclic) bond motifs is 2. The second-order valence-corrected chi connectivity index (χ2v) is 6.74. The van der Waals surface area contributed by atoms with Crippen LogP contribution < -0.4 is 4.74 Å². The minimum absolute atomic E-state index is 0.188. The summed E-state index contributed by atoms with van der Waals surface area (Å²) in [4.78, 5) is 12.6. The van der Waals surface area contributed by atoms with Crippen molar-refractivity contribution < 1.29 is 9.53 Å². The average molecular weight is 270 g/mol. The van der Waals surface area contributed by atoms with Crippen LogP contribution in [0.25, 0.3) is 6.08 Å². The van der Waals surface area contributed by atoms with Crippen LogP contribution in [-0.4, -0.2) is 12.9 Å². The Hall–Kier alpha value is -1.57. The van der Waals surface area contributed by atoms with Crippen LogP contribution in [-0.2, 0) is 4.79 Å². The predicted octanol–water partition coefficient (Wildman–Crippen LogP) is 3.96. The fourth-order valence-corrected chi connectivity index (χ4v) is 3.98. The number of carbonyl (C=O) groups excluding carboxylic acids is 1. The van der Waals surface area contributed by atoms with Crippen LogP contribution in [0, 0.1) is 23.2 Å². The fourth-order valence-electron chi connectivity index (χ4n) is 3.98. The van der Waals surface area contributed by atoms with Gasteiger partial charge in [0.05, 0.1) is 7.11 Å². The van der Waals surface area contributed by atoms with Crippen molar-refractivity contribution in [2.24, 2.45) is 23.2 Å². The summed E-state index contributed by atoms with van der Waals surface area (Å²) in [5.41, 5.74) is 2.28. The molecule has 0 amide bonds. The second kappa shape index (κ2) is 4.47. The molecule has 20 heavy (non-hydrogen) atoms. The molecule has 3 fully saturated rings. The molecular formula is C18H22O2. The molecule has 0 N–H and O–H groups in total. The molecule has 106 valence electrons. The third kappa shape index (κ3) is 1.81. The summed E-state index contributed by atoms with van der Waals surface area (Å²) in [6.07, 6.45) is 3.15. The van der Waals surface area contributed by atoms with E-state index in [-0.39, 0.29) is 11.3 Å². The van der Waals surface area contributed by atoms with Gasteiger partial charge in [-0.3, -0.25) is 4.79 Å². The minimum Gasteiger partial charge on any atom is -0.497 e. The second-order valence-electron chi connectivity index (χ2n) is 6.74. The predicted molar refractivity (Wildman–Crippen MR) is 80.5 cm³/mol. The first-order valence-electron chi connectivity index (χ1n) is 7.35. The molecule has 4 rings (SSSR count). The van der Waals surface area contributed by atoms with Gasteiger partial charge in [0.2, 0.25) is 0 Å². The van der Waals surface area contributed by atoms with Gasteiger partial charge in [-0.2, -0.15) is 0 Å². The van der Waals surface area contributed by atoms with E-state index in [1.54, 1.807) is 7.11 Å². The largest absolute Gasteiger partial charge is 0.497 e. The molecule has 2 nitrogen and oxygen atoms in total. The van der Waals surface area contributed by atoms with Crippen LogP contribution in [0.5, 0.6) is 5.75 Å². The number of Topliss-reactive ketones (excluding diaryl/α,β-unsaturated/α-hetero) is 1. The summed E-state index contributed by atoms with van der Waals surface area (Å²) >= 11 is 0. The molecule has 3 saturated carbocycles. The van der Waals surface area contributed by atoms with E-state index < -0.39 is 0 Å². The molecule has 0 heterocycles. The Morgan fingerprint density at radius 2 is 1.90 bits per heavy atom. The van der Waals surface area contributed by atoms with Gasteiger partial charge < -0.3 is 4.74 Å². The normalized spacial score (nSPS) is 32.9. The molecule has 3 atom stereocenters. The third-order valence-electron chi connectivity index (χ3n) is 5.48. The quantitative estimate of drug-likeness (QED) is 0.760. The lowest BCUT2D eigenvalue weighted by molar-refractivity contribution is -0.146. The van der Waals surface area contributed by atoms with Gasteiger partial charge in [-0.25, -0.2) is 0 Å². The molecule has 2 heteroatoms. The van der Waals surface area contributed by atoms with E-state index in [1.165, 1.54) is 0 Å². The zero-order chi connectivity index (χ0) is 14.5. The molecule has 0 saturated heterocycles. The topological polar surface area (TPSA) is 26.3 Å². The molecule has 3 aliphatic carbocycles. The van der Waals surface area contributed by atoms with Gasteiger partial charge in [0.25, 0.3) is 0 Å². The number of allylic oxidation sites excluding steroid dienone is 1. The van der Waals surface area contributed by atoms with Gasteiger partial charge in [-0.1, -0.05) is 32.9 Å². The molecular weight excluding hydrogens is 248 g/mol. The maximum Gasteiger partial charge on any atom is 0.162 e. The lowest BCUT2D eigenvalue weighted by atomic mass is 9.44. The van der Waals surface area contributed by atoms with Crippen LogP contribution in [0.4, 0.5) is 0 Å². The molecule has 0 aliphatic heterocycles. The zero-order valence-electron chi connectivity index (χ0n) is 12.6. The van der Waals surface area contributed by atoms with Gasteiger partial charge in [0, 0.05) is 5.92 Å². The standard InChI is InChI=1S/C18H22O2/c1-11-14(9-12-5-7-13(20-4)8-6-12)17(19)16-10-15(11)18(16,2)3/h5-9,11,15-16H,10H2,1-4H3. The number of ether oxygens (including phenoxy) is 1. The number of ketones is 1. The Kier molecular flexibility index (Phi) is 3.00. The Balaban J connectivity index is 1.90. The van der Waals surface area contributed by atoms with Gasteiger partial charge in [0.1, 0.15) is 5.75 Å². The lowest BCUT2D eigenvalue weighted by Crippen LogP contribution is -2.57. The number of hydrogen-bond acceptors (Lipinski definition) is 2. The van der Waals surface area contributed by atoms with Crippen LogP contribution >= 0.6 is 0 Å². The van der Waals surface area contributed by atoms with Crippen molar-refractivity contribution in [3.8, 4) is 5.75 Å². The first-order valence-corrected chi connectivity index (χ1v) is 7.35. The molecule has 1 aromatic rings. The highest BCUT2D eigenvalue weighted by atomic mass is 16.5. The number of benzene rings is 1. The first-order chi connectivity index (χ1) is 9.45. The van der Waals surface area contributed by atoms with Gasteiger partial charge >= 0.3 is 0 Å². The number of rotatable bonds is 2. The van der Waals surface area contributed by atoms with E-state index in [1.807, 2.05) is 24.3 Å².